The first-order chi connectivity index (χ1) is 11.2. The molecular formula is C18H24N2O3. The van der Waals surface area contributed by atoms with E-state index in [1.807, 2.05) is 12.1 Å². The Balaban J connectivity index is 1.87. The Labute approximate surface area is 136 Å². The summed E-state index contributed by atoms with van der Waals surface area (Å²) in [5.41, 5.74) is 8.16. The maximum atomic E-state index is 10.0. The minimum Gasteiger partial charge on any atom is -0.493 e. The third-order valence-electron chi connectivity index (χ3n) is 5.48. The molecule has 0 saturated heterocycles. The van der Waals surface area contributed by atoms with E-state index in [1.165, 1.54) is 11.1 Å². The summed E-state index contributed by atoms with van der Waals surface area (Å²) >= 11 is 0. The average Bonchev–Trinajstić information content (AvgIpc) is 2.79. The second-order valence-corrected chi connectivity index (χ2v) is 6.75. The van der Waals surface area contributed by atoms with Gasteiger partial charge >= 0.3 is 0 Å². The van der Waals surface area contributed by atoms with Crippen molar-refractivity contribution in [1.82, 2.24) is 4.90 Å². The van der Waals surface area contributed by atoms with Crippen molar-refractivity contribution in [3.05, 3.63) is 35.4 Å². The number of methoxy groups -OCH3 is 1. The number of rotatable bonds is 3. The highest BCUT2D eigenvalue weighted by Crippen LogP contribution is 2.55. The first kappa shape index (κ1) is 15.0. The van der Waals surface area contributed by atoms with Crippen molar-refractivity contribution < 1.29 is 14.6 Å². The Morgan fingerprint density at radius 1 is 1.48 bits per heavy atom. The van der Waals surface area contributed by atoms with Gasteiger partial charge in [-0.25, -0.2) is 0 Å². The van der Waals surface area contributed by atoms with Crippen molar-refractivity contribution in [2.24, 2.45) is 5.73 Å². The van der Waals surface area contributed by atoms with Crippen molar-refractivity contribution >= 4 is 0 Å². The standard InChI is InChI=1S/C18H24N2O3/c1-22-14-3-2-12-11-20(9-7-19)8-6-18-5-4-13(21)10-15(18)23-17(14)16(12)18/h2-5,13,15,21H,6-11,19H2,1H3/t13?,15-,18?/m1/s1. The Kier molecular flexibility index (Phi) is 3.59. The zero-order valence-corrected chi connectivity index (χ0v) is 13.5. The topological polar surface area (TPSA) is 68.0 Å². The highest BCUT2D eigenvalue weighted by atomic mass is 16.5. The van der Waals surface area contributed by atoms with Crippen molar-refractivity contribution in [2.45, 2.75) is 37.0 Å². The van der Waals surface area contributed by atoms with Crippen LogP contribution in [0.4, 0.5) is 0 Å². The van der Waals surface area contributed by atoms with E-state index in [1.54, 1.807) is 7.11 Å². The molecule has 3 aliphatic rings. The Morgan fingerprint density at radius 2 is 2.35 bits per heavy atom. The molecule has 5 nitrogen and oxygen atoms in total. The summed E-state index contributed by atoms with van der Waals surface area (Å²) in [6.45, 7) is 3.43. The van der Waals surface area contributed by atoms with Gasteiger partial charge in [-0.1, -0.05) is 18.2 Å². The van der Waals surface area contributed by atoms with E-state index >= 15 is 0 Å². The normalized spacial score (nSPS) is 32.0. The van der Waals surface area contributed by atoms with E-state index in [0.29, 0.717) is 13.0 Å². The summed E-state index contributed by atoms with van der Waals surface area (Å²) in [6.07, 6.45) is 5.25. The van der Waals surface area contributed by atoms with Gasteiger partial charge < -0.3 is 20.3 Å². The summed E-state index contributed by atoms with van der Waals surface area (Å²) in [5, 5.41) is 10.0. The van der Waals surface area contributed by atoms with E-state index < -0.39 is 6.10 Å². The molecule has 2 unspecified atom stereocenters. The van der Waals surface area contributed by atoms with Crippen LogP contribution in [0.1, 0.15) is 24.0 Å². The van der Waals surface area contributed by atoms with Crippen LogP contribution in [0.15, 0.2) is 24.3 Å². The number of aliphatic hydroxyl groups is 1. The lowest BCUT2D eigenvalue weighted by Gasteiger charge is -2.35. The van der Waals surface area contributed by atoms with Gasteiger partial charge in [-0.2, -0.15) is 0 Å². The molecule has 2 heterocycles. The lowest BCUT2D eigenvalue weighted by Crippen LogP contribution is -2.43. The Morgan fingerprint density at radius 3 is 3.13 bits per heavy atom. The number of nitrogens with zero attached hydrogens (tertiary/aromatic N) is 1. The number of ether oxygens (including phenoxy) is 2. The number of benzene rings is 1. The van der Waals surface area contributed by atoms with Crippen LogP contribution >= 0.6 is 0 Å². The molecule has 0 saturated carbocycles. The summed E-state index contributed by atoms with van der Waals surface area (Å²) in [7, 11) is 1.68. The molecule has 1 spiro atoms. The molecule has 1 aliphatic carbocycles. The zero-order chi connectivity index (χ0) is 16.0. The number of nitrogens with two attached hydrogens (primary N) is 1. The van der Waals surface area contributed by atoms with Gasteiger partial charge in [-0.3, -0.25) is 4.90 Å². The van der Waals surface area contributed by atoms with Crippen molar-refractivity contribution in [1.29, 1.82) is 0 Å². The fourth-order valence-corrected chi connectivity index (χ4v) is 4.37. The molecule has 23 heavy (non-hydrogen) atoms. The maximum absolute atomic E-state index is 10.0. The molecule has 0 fully saturated rings. The molecule has 0 amide bonds. The average molecular weight is 316 g/mol. The van der Waals surface area contributed by atoms with Gasteiger partial charge in [0, 0.05) is 31.6 Å². The van der Waals surface area contributed by atoms with Gasteiger partial charge in [-0.15, -0.1) is 0 Å². The monoisotopic (exact) mass is 316 g/mol. The molecule has 3 atom stereocenters. The molecule has 0 radical (unpaired) electrons. The summed E-state index contributed by atoms with van der Waals surface area (Å²) in [4.78, 5) is 2.41. The van der Waals surface area contributed by atoms with Gasteiger partial charge in [0.15, 0.2) is 11.5 Å². The zero-order valence-electron chi connectivity index (χ0n) is 13.5. The van der Waals surface area contributed by atoms with Crippen LogP contribution in [0.2, 0.25) is 0 Å². The minimum absolute atomic E-state index is 0.0228. The van der Waals surface area contributed by atoms with E-state index in [9.17, 15) is 5.11 Å². The van der Waals surface area contributed by atoms with Gasteiger partial charge in [0.2, 0.25) is 0 Å². The quantitative estimate of drug-likeness (QED) is 0.820. The summed E-state index contributed by atoms with van der Waals surface area (Å²) in [5.74, 6) is 1.65. The third kappa shape index (κ3) is 2.18. The molecule has 3 N–H and O–H groups in total. The number of aliphatic hydroxyl groups excluding tert-OH is 1. The molecule has 5 heteroatoms. The lowest BCUT2D eigenvalue weighted by atomic mass is 9.69. The van der Waals surface area contributed by atoms with Gasteiger partial charge in [-0.05, 0) is 24.6 Å². The van der Waals surface area contributed by atoms with E-state index in [4.69, 9.17) is 15.2 Å². The smallest absolute Gasteiger partial charge is 0.166 e. The molecule has 124 valence electrons. The van der Waals surface area contributed by atoms with Crippen LogP contribution in [0.5, 0.6) is 11.5 Å². The largest absolute Gasteiger partial charge is 0.493 e. The summed E-state index contributed by atoms with van der Waals surface area (Å²) < 4.78 is 11.8. The SMILES string of the molecule is COc1ccc2c3c1O[C@@H]1CC(O)C=CC31CCN(CCN)C2. The second kappa shape index (κ2) is 5.51. The molecule has 0 aromatic heterocycles. The van der Waals surface area contributed by atoms with Crippen LogP contribution in [-0.2, 0) is 12.0 Å². The molecular weight excluding hydrogens is 292 g/mol. The molecule has 0 bridgehead atoms. The fraction of sp³-hybridized carbons (Fsp3) is 0.556. The van der Waals surface area contributed by atoms with E-state index in [0.717, 1.165) is 37.6 Å². The minimum atomic E-state index is -0.433. The van der Waals surface area contributed by atoms with Crippen molar-refractivity contribution in [3.63, 3.8) is 0 Å². The molecule has 1 aromatic rings. The number of hydrogen-bond acceptors (Lipinski definition) is 5. The first-order valence-corrected chi connectivity index (χ1v) is 8.35. The van der Waals surface area contributed by atoms with Crippen LogP contribution in [0.3, 0.4) is 0 Å². The van der Waals surface area contributed by atoms with Crippen LogP contribution in [-0.4, -0.2) is 49.0 Å². The lowest BCUT2D eigenvalue weighted by molar-refractivity contribution is 0.0812. The first-order valence-electron chi connectivity index (χ1n) is 8.35. The van der Waals surface area contributed by atoms with Crippen LogP contribution in [0, 0.1) is 0 Å². The van der Waals surface area contributed by atoms with Gasteiger partial charge in [0.05, 0.1) is 18.6 Å². The molecule has 1 aromatic carbocycles. The predicted molar refractivity (Wildman–Crippen MR) is 87.8 cm³/mol. The number of hydrogen-bond donors (Lipinski definition) is 2. The van der Waals surface area contributed by atoms with E-state index in [2.05, 4.69) is 17.0 Å². The van der Waals surface area contributed by atoms with Crippen LogP contribution in [0.25, 0.3) is 0 Å². The van der Waals surface area contributed by atoms with Crippen molar-refractivity contribution in [3.8, 4) is 11.5 Å². The summed E-state index contributed by atoms with van der Waals surface area (Å²) in [6, 6.07) is 4.14. The third-order valence-corrected chi connectivity index (χ3v) is 5.48. The predicted octanol–water partition coefficient (Wildman–Crippen LogP) is 1.18. The van der Waals surface area contributed by atoms with Gasteiger partial charge in [0.1, 0.15) is 6.10 Å². The second-order valence-electron chi connectivity index (χ2n) is 6.75. The van der Waals surface area contributed by atoms with Crippen molar-refractivity contribution in [2.75, 3.05) is 26.7 Å². The maximum Gasteiger partial charge on any atom is 0.166 e. The Bertz CT molecular complexity index is 645. The van der Waals surface area contributed by atoms with Gasteiger partial charge in [0.25, 0.3) is 0 Å². The molecule has 4 rings (SSSR count). The highest BCUT2D eigenvalue weighted by molar-refractivity contribution is 5.60. The Hall–Kier alpha value is -1.56. The molecule has 2 aliphatic heterocycles. The highest BCUT2D eigenvalue weighted by Gasteiger charge is 2.52. The fourth-order valence-electron chi connectivity index (χ4n) is 4.37. The van der Waals surface area contributed by atoms with Crippen LogP contribution < -0.4 is 15.2 Å². The van der Waals surface area contributed by atoms with E-state index in [-0.39, 0.29) is 11.5 Å².